The molecular weight excluding hydrogens is 370 g/mol. The lowest BCUT2D eigenvalue weighted by Gasteiger charge is -2.20. The topological polar surface area (TPSA) is 46.9 Å². The van der Waals surface area contributed by atoms with E-state index >= 15 is 0 Å². The van der Waals surface area contributed by atoms with Gasteiger partial charge in [0.2, 0.25) is 5.91 Å². The lowest BCUT2D eigenvalue weighted by atomic mass is 9.89. The van der Waals surface area contributed by atoms with Gasteiger partial charge in [-0.05, 0) is 36.6 Å². The van der Waals surface area contributed by atoms with Crippen molar-refractivity contribution in [1.29, 1.82) is 0 Å². The molecule has 0 atom stereocenters. The van der Waals surface area contributed by atoms with Gasteiger partial charge in [-0.25, -0.2) is 4.98 Å². The average Bonchev–Trinajstić information content (AvgIpc) is 3.08. The first-order valence-electron chi connectivity index (χ1n) is 10.2. The molecule has 1 aliphatic rings. The Kier molecular flexibility index (Phi) is 5.96. The van der Waals surface area contributed by atoms with E-state index in [2.05, 4.69) is 16.0 Å². The molecule has 1 saturated carbocycles. The fraction of sp³-hybridized carbons (Fsp3) is 0.391. The molecular formula is C23H26ClN3O. The summed E-state index contributed by atoms with van der Waals surface area (Å²) in [6, 6.07) is 16.1. The zero-order valence-electron chi connectivity index (χ0n) is 16.0. The molecule has 28 heavy (non-hydrogen) atoms. The molecule has 0 aliphatic heterocycles. The molecule has 1 amide bonds. The number of carbonyl (C=O) groups excluding carboxylic acids is 1. The van der Waals surface area contributed by atoms with E-state index < -0.39 is 0 Å². The quantitative estimate of drug-likeness (QED) is 0.640. The maximum Gasteiger partial charge on any atom is 0.223 e. The van der Waals surface area contributed by atoms with Crippen molar-refractivity contribution in [2.75, 3.05) is 6.54 Å². The van der Waals surface area contributed by atoms with E-state index in [9.17, 15) is 4.79 Å². The van der Waals surface area contributed by atoms with E-state index in [4.69, 9.17) is 16.6 Å². The lowest BCUT2D eigenvalue weighted by Crippen LogP contribution is -2.33. The third kappa shape index (κ3) is 4.22. The second-order valence-corrected chi connectivity index (χ2v) is 7.98. The van der Waals surface area contributed by atoms with Crippen molar-refractivity contribution in [2.45, 2.75) is 45.1 Å². The van der Waals surface area contributed by atoms with Crippen LogP contribution in [0.3, 0.4) is 0 Å². The van der Waals surface area contributed by atoms with Crippen LogP contribution < -0.4 is 5.32 Å². The van der Waals surface area contributed by atoms with Crippen molar-refractivity contribution in [3.63, 3.8) is 0 Å². The largest absolute Gasteiger partial charge is 0.355 e. The smallest absolute Gasteiger partial charge is 0.223 e. The summed E-state index contributed by atoms with van der Waals surface area (Å²) in [4.78, 5) is 17.2. The third-order valence-electron chi connectivity index (χ3n) is 5.64. The highest BCUT2D eigenvalue weighted by molar-refractivity contribution is 6.31. The van der Waals surface area contributed by atoms with Crippen molar-refractivity contribution in [3.05, 3.63) is 64.9 Å². The molecule has 3 aromatic rings. The van der Waals surface area contributed by atoms with E-state index in [1.54, 1.807) is 0 Å². The van der Waals surface area contributed by atoms with Gasteiger partial charge in [0, 0.05) is 23.9 Å². The van der Waals surface area contributed by atoms with Gasteiger partial charge >= 0.3 is 0 Å². The minimum absolute atomic E-state index is 0.190. The van der Waals surface area contributed by atoms with Gasteiger partial charge in [-0.15, -0.1) is 0 Å². The molecule has 1 heterocycles. The molecule has 0 spiro atoms. The van der Waals surface area contributed by atoms with Crippen LogP contribution >= 0.6 is 11.6 Å². The lowest BCUT2D eigenvalue weighted by molar-refractivity contribution is -0.125. The van der Waals surface area contributed by atoms with E-state index in [1.165, 1.54) is 19.3 Å². The van der Waals surface area contributed by atoms with Gasteiger partial charge in [0.05, 0.1) is 17.6 Å². The standard InChI is InChI=1S/C23H26ClN3O/c24-19-11-5-4-10-18(19)16-27-21-13-7-6-12-20(21)26-22(27)14-15-25-23(28)17-8-2-1-3-9-17/h4-7,10-13,17H,1-3,8-9,14-16H2,(H,25,28). The summed E-state index contributed by atoms with van der Waals surface area (Å²) < 4.78 is 2.21. The number of nitrogens with one attached hydrogen (secondary N) is 1. The molecule has 5 heteroatoms. The van der Waals surface area contributed by atoms with Crippen molar-refractivity contribution in [3.8, 4) is 0 Å². The monoisotopic (exact) mass is 395 g/mol. The summed E-state index contributed by atoms with van der Waals surface area (Å²) in [6.07, 6.45) is 6.36. The van der Waals surface area contributed by atoms with Crippen LogP contribution in [-0.2, 0) is 17.8 Å². The molecule has 146 valence electrons. The molecule has 0 unspecified atom stereocenters. The highest BCUT2D eigenvalue weighted by Gasteiger charge is 2.21. The Hall–Kier alpha value is -2.33. The summed E-state index contributed by atoms with van der Waals surface area (Å²) in [7, 11) is 0. The SMILES string of the molecule is O=C(NCCc1nc2ccccc2n1Cc1ccccc1Cl)C1CCCCC1. The Bertz CT molecular complexity index is 959. The zero-order chi connectivity index (χ0) is 19.3. The van der Waals surface area contributed by atoms with Crippen molar-refractivity contribution in [1.82, 2.24) is 14.9 Å². The van der Waals surface area contributed by atoms with E-state index in [0.717, 1.165) is 40.3 Å². The molecule has 4 rings (SSSR count). The Morgan fingerprint density at radius 1 is 1.07 bits per heavy atom. The summed E-state index contributed by atoms with van der Waals surface area (Å²) in [5, 5.41) is 3.89. The first-order chi connectivity index (χ1) is 13.7. The zero-order valence-corrected chi connectivity index (χ0v) is 16.8. The van der Waals surface area contributed by atoms with Crippen LogP contribution in [0.15, 0.2) is 48.5 Å². The molecule has 0 saturated heterocycles. The first-order valence-corrected chi connectivity index (χ1v) is 10.6. The molecule has 0 radical (unpaired) electrons. The van der Waals surface area contributed by atoms with Gasteiger partial charge in [0.15, 0.2) is 0 Å². The van der Waals surface area contributed by atoms with Gasteiger partial charge in [-0.1, -0.05) is 61.2 Å². The molecule has 2 aromatic carbocycles. The number of hydrogen-bond donors (Lipinski definition) is 1. The fourth-order valence-electron chi connectivity index (χ4n) is 4.10. The molecule has 1 N–H and O–H groups in total. The van der Waals surface area contributed by atoms with E-state index in [1.807, 2.05) is 42.5 Å². The van der Waals surface area contributed by atoms with Gasteiger partial charge in [0.1, 0.15) is 5.82 Å². The number of imidazole rings is 1. The minimum atomic E-state index is 0.190. The number of halogens is 1. The number of fused-ring (bicyclic) bond motifs is 1. The minimum Gasteiger partial charge on any atom is -0.355 e. The molecule has 0 bridgehead atoms. The fourth-order valence-corrected chi connectivity index (χ4v) is 4.29. The second kappa shape index (κ2) is 8.78. The van der Waals surface area contributed by atoms with Crippen LogP contribution in [0.2, 0.25) is 5.02 Å². The van der Waals surface area contributed by atoms with Gasteiger partial charge in [-0.2, -0.15) is 0 Å². The number of aromatic nitrogens is 2. The Morgan fingerprint density at radius 3 is 2.64 bits per heavy atom. The number of para-hydroxylation sites is 2. The van der Waals surface area contributed by atoms with Crippen molar-refractivity contribution >= 4 is 28.5 Å². The predicted octanol–water partition coefficient (Wildman–Crippen LogP) is 4.98. The molecule has 1 aromatic heterocycles. The van der Waals surface area contributed by atoms with Gasteiger partial charge in [-0.3, -0.25) is 4.79 Å². The molecule has 4 nitrogen and oxygen atoms in total. The van der Waals surface area contributed by atoms with Crippen LogP contribution in [0, 0.1) is 5.92 Å². The van der Waals surface area contributed by atoms with E-state index in [0.29, 0.717) is 19.5 Å². The summed E-state index contributed by atoms with van der Waals surface area (Å²) >= 11 is 6.39. The maximum atomic E-state index is 12.4. The summed E-state index contributed by atoms with van der Waals surface area (Å²) in [6.45, 7) is 1.28. The maximum absolute atomic E-state index is 12.4. The van der Waals surface area contributed by atoms with Gasteiger partial charge in [0.25, 0.3) is 0 Å². The van der Waals surface area contributed by atoms with Crippen LogP contribution in [0.25, 0.3) is 11.0 Å². The summed E-state index contributed by atoms with van der Waals surface area (Å²) in [5.41, 5.74) is 3.14. The van der Waals surface area contributed by atoms with Crippen molar-refractivity contribution in [2.24, 2.45) is 5.92 Å². The number of nitrogens with zero attached hydrogens (tertiary/aromatic N) is 2. The first kappa shape index (κ1) is 19.0. The van der Waals surface area contributed by atoms with E-state index in [-0.39, 0.29) is 11.8 Å². The number of rotatable bonds is 6. The predicted molar refractivity (Wildman–Crippen MR) is 114 cm³/mol. The number of carbonyl (C=O) groups is 1. The number of amides is 1. The number of benzene rings is 2. The normalized spacial score (nSPS) is 15.0. The van der Waals surface area contributed by atoms with Crippen LogP contribution in [0.4, 0.5) is 0 Å². The third-order valence-corrected chi connectivity index (χ3v) is 6.01. The van der Waals surface area contributed by atoms with Crippen LogP contribution in [0.1, 0.15) is 43.5 Å². The summed E-state index contributed by atoms with van der Waals surface area (Å²) in [5.74, 6) is 1.37. The van der Waals surface area contributed by atoms with Crippen LogP contribution in [0.5, 0.6) is 0 Å². The Balaban J connectivity index is 1.50. The van der Waals surface area contributed by atoms with Gasteiger partial charge < -0.3 is 9.88 Å². The van der Waals surface area contributed by atoms with Crippen molar-refractivity contribution < 1.29 is 4.79 Å². The second-order valence-electron chi connectivity index (χ2n) is 7.57. The highest BCUT2D eigenvalue weighted by atomic mass is 35.5. The average molecular weight is 396 g/mol. The highest BCUT2D eigenvalue weighted by Crippen LogP contribution is 2.24. The Labute approximate surface area is 170 Å². The van der Waals surface area contributed by atoms with Crippen LogP contribution in [-0.4, -0.2) is 22.0 Å². The molecule has 1 aliphatic carbocycles. The number of hydrogen-bond acceptors (Lipinski definition) is 2. The molecule has 1 fully saturated rings. The Morgan fingerprint density at radius 2 is 1.82 bits per heavy atom.